The Morgan fingerprint density at radius 1 is 1.15 bits per heavy atom. The van der Waals surface area contributed by atoms with Gasteiger partial charge in [-0.3, -0.25) is 9.52 Å². The lowest BCUT2D eigenvalue weighted by Crippen LogP contribution is -2.17. The van der Waals surface area contributed by atoms with Gasteiger partial charge in [0.2, 0.25) is 15.9 Å². The van der Waals surface area contributed by atoms with Crippen molar-refractivity contribution in [2.75, 3.05) is 16.3 Å². The smallest absolute Gasteiger partial charge is 0.230 e. The maximum absolute atomic E-state index is 12.4. The molecule has 1 aromatic heterocycles. The van der Waals surface area contributed by atoms with E-state index >= 15 is 0 Å². The van der Waals surface area contributed by atoms with Crippen LogP contribution in [0.4, 0.5) is 10.8 Å². The summed E-state index contributed by atoms with van der Waals surface area (Å²) < 4.78 is 25.3. The lowest BCUT2D eigenvalue weighted by atomic mass is 10.1. The molecule has 2 aromatic carbocycles. The van der Waals surface area contributed by atoms with Crippen molar-refractivity contribution < 1.29 is 13.2 Å². The fourth-order valence-corrected chi connectivity index (χ4v) is 3.86. The Hall–Kier alpha value is -2.42. The molecule has 0 aliphatic carbocycles. The number of para-hydroxylation sites is 1. The quantitative estimate of drug-likeness (QED) is 0.629. The maximum Gasteiger partial charge on any atom is 0.230 e. The van der Waals surface area contributed by atoms with E-state index < -0.39 is 10.0 Å². The minimum atomic E-state index is -3.43. The van der Waals surface area contributed by atoms with Crippen LogP contribution in [0.5, 0.6) is 0 Å². The van der Waals surface area contributed by atoms with Gasteiger partial charge in [0.05, 0.1) is 24.1 Å². The summed E-state index contributed by atoms with van der Waals surface area (Å²) in [5.41, 5.74) is 2.61. The Balaban J connectivity index is 1.69. The predicted octanol–water partition coefficient (Wildman–Crippen LogP) is 4.02. The summed E-state index contributed by atoms with van der Waals surface area (Å²) in [6.07, 6.45) is 1.09. The van der Waals surface area contributed by atoms with Gasteiger partial charge in [0.25, 0.3) is 0 Å². The average Bonchev–Trinajstić information content (AvgIpc) is 3.04. The molecule has 3 rings (SSSR count). The molecule has 0 spiro atoms. The van der Waals surface area contributed by atoms with Crippen molar-refractivity contribution in [2.45, 2.75) is 6.42 Å². The van der Waals surface area contributed by atoms with Crippen molar-refractivity contribution in [1.82, 2.24) is 4.98 Å². The van der Waals surface area contributed by atoms with Gasteiger partial charge >= 0.3 is 0 Å². The van der Waals surface area contributed by atoms with E-state index in [9.17, 15) is 13.2 Å². The molecule has 0 fully saturated rings. The van der Waals surface area contributed by atoms with Gasteiger partial charge in [-0.2, -0.15) is 0 Å². The highest BCUT2D eigenvalue weighted by Crippen LogP contribution is 2.26. The van der Waals surface area contributed by atoms with Crippen molar-refractivity contribution in [3.8, 4) is 11.3 Å². The molecule has 0 unspecified atom stereocenters. The highest BCUT2D eigenvalue weighted by molar-refractivity contribution is 7.92. The predicted molar refractivity (Wildman–Crippen MR) is 110 cm³/mol. The van der Waals surface area contributed by atoms with Gasteiger partial charge in [0.1, 0.15) is 0 Å². The van der Waals surface area contributed by atoms with Crippen LogP contribution in [0.15, 0.2) is 53.9 Å². The number of hydrogen-bond donors (Lipinski definition) is 2. The standard InChI is InChI=1S/C18H16ClN3O3S2/c1-27(24,25)22-15-5-3-2-4-13(15)10-17(23)21-18-20-16(11-26-18)12-6-8-14(19)9-7-12/h2-9,11,22H,10H2,1H3,(H,20,21,23). The molecule has 0 bridgehead atoms. The molecule has 27 heavy (non-hydrogen) atoms. The van der Waals surface area contributed by atoms with Gasteiger partial charge in [0.15, 0.2) is 5.13 Å². The molecule has 0 saturated heterocycles. The highest BCUT2D eigenvalue weighted by atomic mass is 35.5. The molecule has 6 nitrogen and oxygen atoms in total. The first-order valence-corrected chi connectivity index (χ1v) is 11.0. The van der Waals surface area contributed by atoms with Crippen LogP contribution in [-0.2, 0) is 21.2 Å². The van der Waals surface area contributed by atoms with Gasteiger partial charge in [-0.25, -0.2) is 13.4 Å². The minimum Gasteiger partial charge on any atom is -0.302 e. The first kappa shape index (κ1) is 19.3. The second kappa shape index (κ2) is 8.08. The van der Waals surface area contributed by atoms with Crippen LogP contribution >= 0.6 is 22.9 Å². The number of carbonyl (C=O) groups is 1. The number of hydrogen-bond acceptors (Lipinski definition) is 5. The van der Waals surface area contributed by atoms with E-state index in [2.05, 4.69) is 15.0 Å². The van der Waals surface area contributed by atoms with Crippen molar-refractivity contribution in [3.05, 3.63) is 64.5 Å². The van der Waals surface area contributed by atoms with Crippen LogP contribution in [0.2, 0.25) is 5.02 Å². The summed E-state index contributed by atoms with van der Waals surface area (Å²) in [4.78, 5) is 16.8. The SMILES string of the molecule is CS(=O)(=O)Nc1ccccc1CC(=O)Nc1nc(-c2ccc(Cl)cc2)cs1. The largest absolute Gasteiger partial charge is 0.302 e. The van der Waals surface area contributed by atoms with Gasteiger partial charge in [-0.05, 0) is 23.8 Å². The van der Waals surface area contributed by atoms with E-state index in [0.29, 0.717) is 21.4 Å². The lowest BCUT2D eigenvalue weighted by Gasteiger charge is -2.10. The van der Waals surface area contributed by atoms with Gasteiger partial charge < -0.3 is 5.32 Å². The van der Waals surface area contributed by atoms with E-state index in [1.165, 1.54) is 11.3 Å². The third-order valence-electron chi connectivity index (χ3n) is 3.55. The molecule has 1 heterocycles. The zero-order valence-electron chi connectivity index (χ0n) is 14.3. The van der Waals surface area contributed by atoms with E-state index in [0.717, 1.165) is 17.5 Å². The number of anilines is 2. The third-order valence-corrected chi connectivity index (χ3v) is 5.15. The average molecular weight is 422 g/mol. The highest BCUT2D eigenvalue weighted by Gasteiger charge is 2.13. The Labute approximate surface area is 166 Å². The molecule has 0 radical (unpaired) electrons. The molecule has 9 heteroatoms. The monoisotopic (exact) mass is 421 g/mol. The Kier molecular flexibility index (Phi) is 5.79. The van der Waals surface area contributed by atoms with Crippen LogP contribution in [0, 0.1) is 0 Å². The van der Waals surface area contributed by atoms with Crippen LogP contribution in [0.1, 0.15) is 5.56 Å². The number of nitrogens with one attached hydrogen (secondary N) is 2. The summed E-state index contributed by atoms with van der Waals surface area (Å²) in [7, 11) is -3.43. The number of carbonyl (C=O) groups excluding carboxylic acids is 1. The molecule has 3 aromatic rings. The maximum atomic E-state index is 12.4. The summed E-state index contributed by atoms with van der Waals surface area (Å²) in [6, 6.07) is 14.0. The first-order chi connectivity index (χ1) is 12.8. The second-order valence-electron chi connectivity index (χ2n) is 5.80. The molecule has 0 atom stereocenters. The normalized spacial score (nSPS) is 11.2. The van der Waals surface area contributed by atoms with Crippen LogP contribution < -0.4 is 10.0 Å². The molecule has 0 aliphatic heterocycles. The lowest BCUT2D eigenvalue weighted by molar-refractivity contribution is -0.115. The molecule has 0 aliphatic rings. The number of benzene rings is 2. The number of rotatable bonds is 6. The van der Waals surface area contributed by atoms with E-state index in [1.807, 2.05) is 17.5 Å². The molecule has 2 N–H and O–H groups in total. The number of nitrogens with zero attached hydrogens (tertiary/aromatic N) is 1. The Bertz CT molecular complexity index is 1060. The molecular weight excluding hydrogens is 406 g/mol. The number of amides is 1. The molecule has 0 saturated carbocycles. The van der Waals surface area contributed by atoms with Crippen molar-refractivity contribution in [2.24, 2.45) is 0 Å². The zero-order valence-corrected chi connectivity index (χ0v) is 16.7. The number of sulfonamides is 1. The summed E-state index contributed by atoms with van der Waals surface area (Å²) >= 11 is 7.20. The topological polar surface area (TPSA) is 88.2 Å². The molecular formula is C18H16ClN3O3S2. The van der Waals surface area contributed by atoms with Crippen molar-refractivity contribution in [1.29, 1.82) is 0 Å². The zero-order chi connectivity index (χ0) is 19.4. The summed E-state index contributed by atoms with van der Waals surface area (Å²) in [6.45, 7) is 0. The molecule has 1 amide bonds. The summed E-state index contributed by atoms with van der Waals surface area (Å²) in [5, 5.41) is 5.71. The fraction of sp³-hybridized carbons (Fsp3) is 0.111. The summed E-state index contributed by atoms with van der Waals surface area (Å²) in [5.74, 6) is -0.283. The number of halogens is 1. The minimum absolute atomic E-state index is 0.0224. The number of thiazole rings is 1. The van der Waals surface area contributed by atoms with Gasteiger partial charge in [-0.15, -0.1) is 11.3 Å². The Morgan fingerprint density at radius 2 is 1.85 bits per heavy atom. The van der Waals surface area contributed by atoms with E-state index in [1.54, 1.807) is 36.4 Å². The number of aromatic nitrogens is 1. The van der Waals surface area contributed by atoms with Gasteiger partial charge in [-0.1, -0.05) is 41.9 Å². The van der Waals surface area contributed by atoms with Gasteiger partial charge in [0, 0.05) is 16.0 Å². The van der Waals surface area contributed by atoms with Crippen LogP contribution in [0.3, 0.4) is 0 Å². The first-order valence-electron chi connectivity index (χ1n) is 7.87. The van der Waals surface area contributed by atoms with Crippen molar-refractivity contribution >= 4 is 49.7 Å². The van der Waals surface area contributed by atoms with E-state index in [-0.39, 0.29) is 12.3 Å². The van der Waals surface area contributed by atoms with Crippen molar-refractivity contribution in [3.63, 3.8) is 0 Å². The van der Waals surface area contributed by atoms with E-state index in [4.69, 9.17) is 11.6 Å². The Morgan fingerprint density at radius 3 is 2.56 bits per heavy atom. The fourth-order valence-electron chi connectivity index (χ4n) is 2.39. The van der Waals surface area contributed by atoms with Crippen LogP contribution in [0.25, 0.3) is 11.3 Å². The molecule has 140 valence electrons. The van der Waals surface area contributed by atoms with Crippen LogP contribution in [-0.4, -0.2) is 25.6 Å². The second-order valence-corrected chi connectivity index (χ2v) is 8.84. The third kappa shape index (κ3) is 5.53.